The molecule has 0 aliphatic carbocycles. The Bertz CT molecular complexity index is 3380. The number of fused-ring (bicyclic) bond motifs is 12. The molecule has 3 unspecified atom stereocenters. The molecule has 4 heterocycles. The number of esters is 2. The van der Waals surface area contributed by atoms with Gasteiger partial charge in [0.2, 0.25) is 5.91 Å². The van der Waals surface area contributed by atoms with Crippen LogP contribution in [0, 0.1) is 0 Å². The summed E-state index contributed by atoms with van der Waals surface area (Å²) in [6.45, 7) is 4.61. The van der Waals surface area contributed by atoms with Gasteiger partial charge in [-0.25, -0.2) is 14.8 Å². The average molecular weight is 1240 g/mol. The van der Waals surface area contributed by atoms with E-state index in [1.165, 1.54) is 25.2 Å². The maximum atomic E-state index is 13.0. The van der Waals surface area contributed by atoms with Crippen LogP contribution in [0.2, 0.25) is 0 Å². The number of nitrogens with zero attached hydrogens (tertiary/aromatic N) is 2. The molecular formula is C66H75Cl2N4O15+. The van der Waals surface area contributed by atoms with Crippen molar-refractivity contribution in [2.45, 2.75) is 62.6 Å². The van der Waals surface area contributed by atoms with Crippen molar-refractivity contribution in [2.24, 2.45) is 0 Å². The fraction of sp³-hybridized carbons (Fsp3) is 0.394. The number of nitrogens with one attached hydrogen (secondary N) is 2. The number of carbonyl (C=O) groups excluding carboxylic acids is 4. The van der Waals surface area contributed by atoms with Crippen LogP contribution in [0.3, 0.4) is 0 Å². The van der Waals surface area contributed by atoms with Gasteiger partial charge in [-0.05, 0) is 80.3 Å². The molecule has 2 spiro atoms. The molecule has 6 aromatic carbocycles. The van der Waals surface area contributed by atoms with E-state index in [0.29, 0.717) is 138 Å². The smallest absolute Gasteiger partial charge is 0.340 e. The molecule has 462 valence electrons. The number of rotatable bonds is 30. The molecule has 0 aromatic heterocycles. The molecule has 0 fully saturated rings. The number of halogens is 2. The van der Waals surface area contributed by atoms with Crippen molar-refractivity contribution in [1.29, 1.82) is 0 Å². The van der Waals surface area contributed by atoms with E-state index in [1.54, 1.807) is 65.6 Å². The number of hydrogen-bond acceptors (Lipinski definition) is 16. The van der Waals surface area contributed by atoms with E-state index in [0.717, 1.165) is 63.7 Å². The first kappa shape index (κ1) is 64.0. The second kappa shape index (κ2) is 30.0. The van der Waals surface area contributed by atoms with Gasteiger partial charge < -0.3 is 63.6 Å². The second-order valence-electron chi connectivity index (χ2n) is 21.7. The lowest BCUT2D eigenvalue weighted by atomic mass is 9.77. The summed E-state index contributed by atoms with van der Waals surface area (Å²) in [6.07, 6.45) is 8.56. The lowest BCUT2D eigenvalue weighted by Gasteiger charge is -2.37. The number of quaternary nitrogens is 1. The fourth-order valence-corrected chi connectivity index (χ4v) is 11.5. The normalized spacial score (nSPS) is 16.9. The maximum Gasteiger partial charge on any atom is 0.340 e. The highest BCUT2D eigenvalue weighted by Gasteiger charge is 2.55. The number of aromatic hydroxyl groups is 2. The summed E-state index contributed by atoms with van der Waals surface area (Å²) in [7, 11) is 3.31. The summed E-state index contributed by atoms with van der Waals surface area (Å²) >= 11 is 11.3. The number of hydroxylamine groups is 2. The summed E-state index contributed by atoms with van der Waals surface area (Å²) in [5.41, 5.74) is 3.32. The minimum absolute atomic E-state index is 0.0130. The molecule has 3 atom stereocenters. The van der Waals surface area contributed by atoms with Crippen molar-refractivity contribution in [3.63, 3.8) is 0 Å². The molecule has 10 rings (SSSR count). The first-order valence-electron chi connectivity index (χ1n) is 29.4. The number of unbranched alkanes of at least 4 members (excludes halogenated alkanes) is 6. The van der Waals surface area contributed by atoms with E-state index in [1.807, 2.05) is 49.5 Å². The molecule has 87 heavy (non-hydrogen) atoms. The summed E-state index contributed by atoms with van der Waals surface area (Å²) in [5.74, 6) is 1.52. The van der Waals surface area contributed by atoms with Gasteiger partial charge in [-0.3, -0.25) is 9.59 Å². The summed E-state index contributed by atoms with van der Waals surface area (Å²) in [5, 5.41) is 37.3. The number of likely N-dealkylation sites (N-methyl/N-ethyl adjacent to an activating group) is 2. The summed E-state index contributed by atoms with van der Waals surface area (Å²) < 4.78 is 46.1. The number of hydrogen-bond donors (Lipinski definition) is 5. The number of ether oxygens (including phenoxy) is 8. The minimum atomic E-state index is -1.30. The number of amides is 2. The number of phenols is 2. The van der Waals surface area contributed by atoms with Crippen molar-refractivity contribution >= 4 is 58.3 Å². The van der Waals surface area contributed by atoms with Gasteiger partial charge in [0.15, 0.2) is 23.4 Å². The van der Waals surface area contributed by atoms with Crippen LogP contribution in [0.15, 0.2) is 121 Å². The SMILES string of the molecule is CN(CC(=O)NCCOCCOCCCCCCCl)c1ccc2c(c1)Oc1cc(O)ccc1C21OC(=O)c2ccccc21.C[N+](O)(CC(=O)NCCOCCOCCCCCCCl)c1ccc2c(c1)Oc1cc(O)ccc1C21OC(=O)c2ccccc21. The molecule has 0 bridgehead atoms. The molecule has 4 aliphatic heterocycles. The van der Waals surface area contributed by atoms with Crippen LogP contribution >= 0.6 is 23.2 Å². The Kier molecular flexibility index (Phi) is 22.1. The first-order valence-corrected chi connectivity index (χ1v) is 30.5. The molecule has 6 aromatic rings. The van der Waals surface area contributed by atoms with E-state index in [9.17, 15) is 34.6 Å². The topological polar surface area (TPSA) is 230 Å². The third kappa shape index (κ3) is 14.9. The molecule has 4 aliphatic rings. The van der Waals surface area contributed by atoms with Gasteiger partial charge in [0.05, 0.1) is 57.3 Å². The van der Waals surface area contributed by atoms with Crippen molar-refractivity contribution < 1.29 is 72.5 Å². The Hall–Kier alpha value is -7.46. The Morgan fingerprint density at radius 1 is 0.517 bits per heavy atom. The van der Waals surface area contributed by atoms with E-state index >= 15 is 0 Å². The molecule has 0 saturated heterocycles. The maximum absolute atomic E-state index is 13.0. The monoisotopic (exact) mass is 1230 g/mol. The van der Waals surface area contributed by atoms with Crippen LogP contribution in [0.25, 0.3) is 0 Å². The van der Waals surface area contributed by atoms with Crippen LogP contribution in [0.5, 0.6) is 34.5 Å². The van der Waals surface area contributed by atoms with Gasteiger partial charge in [0.25, 0.3) is 5.91 Å². The van der Waals surface area contributed by atoms with Gasteiger partial charge in [0.1, 0.15) is 41.5 Å². The predicted molar refractivity (Wildman–Crippen MR) is 328 cm³/mol. The fourth-order valence-electron chi connectivity index (χ4n) is 11.1. The molecule has 0 saturated carbocycles. The van der Waals surface area contributed by atoms with Crippen molar-refractivity contribution in [3.05, 3.63) is 166 Å². The average Bonchev–Trinajstić information content (AvgIpc) is 1.66. The van der Waals surface area contributed by atoms with E-state index < -0.39 is 27.8 Å². The zero-order chi connectivity index (χ0) is 61.4. The van der Waals surface area contributed by atoms with E-state index in [4.69, 9.17) is 61.1 Å². The molecular weight excluding hydrogens is 1160 g/mol. The van der Waals surface area contributed by atoms with E-state index in [2.05, 4.69) is 10.6 Å². The van der Waals surface area contributed by atoms with Crippen LogP contribution < -0.4 is 29.7 Å². The standard InChI is InChI=1S/C33H37ClN2O8.C33H37ClN2O7/c1-36(40,22-31(38)35-15-17-42-19-18-41-16-7-3-2-6-14-34)23-10-12-27-29(20-23)43-30-21-24(37)11-13-28(30)33(27)26-9-5-4-8-25(26)32(39)44-33;1-36(22-31(38)35-15-17-41-19-18-40-16-7-3-2-6-14-34)23-10-12-27-29(20-23)42-30-21-24(37)11-13-28(30)33(27)26-9-5-4-8-25(26)32(39)43-33/h4-5,8-13,20-21,40H,2-3,6-7,14-19,22H2,1H3,(H-,35,37,38);4-5,8-13,20-21,37H,2-3,6-7,14-19,22H2,1H3,(H,35,38)/p+1. The number of phenolic OH excluding ortho intramolecular Hbond substituents is 2. The zero-order valence-electron chi connectivity index (χ0n) is 49.0. The Morgan fingerprint density at radius 2 is 0.943 bits per heavy atom. The van der Waals surface area contributed by atoms with Crippen LogP contribution in [0.1, 0.15) is 105 Å². The van der Waals surface area contributed by atoms with Gasteiger partial charge in [-0.15, -0.1) is 27.8 Å². The largest absolute Gasteiger partial charge is 0.508 e. The number of anilines is 1. The van der Waals surface area contributed by atoms with Crippen LogP contribution in [-0.4, -0.2) is 144 Å². The number of carbonyl (C=O) groups is 4. The van der Waals surface area contributed by atoms with Crippen molar-refractivity contribution in [1.82, 2.24) is 15.3 Å². The quantitative estimate of drug-likeness (QED) is 0.00928. The zero-order valence-corrected chi connectivity index (χ0v) is 50.5. The minimum Gasteiger partial charge on any atom is -0.508 e. The summed E-state index contributed by atoms with van der Waals surface area (Å²) in [4.78, 5) is 53.1. The predicted octanol–water partition coefficient (Wildman–Crippen LogP) is 10.6. The molecule has 21 heteroatoms. The van der Waals surface area contributed by atoms with Crippen molar-refractivity contribution in [3.8, 4) is 34.5 Å². The molecule has 2 amide bonds. The lowest BCUT2D eigenvalue weighted by Crippen LogP contribution is -2.49. The van der Waals surface area contributed by atoms with Gasteiger partial charge >= 0.3 is 11.9 Å². The molecule has 5 N–H and O–H groups in total. The third-order valence-corrected chi connectivity index (χ3v) is 16.0. The highest BCUT2D eigenvalue weighted by Crippen LogP contribution is 2.59. The molecule has 0 radical (unpaired) electrons. The highest BCUT2D eigenvalue weighted by molar-refractivity contribution is 6.18. The number of benzene rings is 6. The van der Waals surface area contributed by atoms with Crippen LogP contribution in [0.4, 0.5) is 11.4 Å². The summed E-state index contributed by atoms with van der Waals surface area (Å²) in [6, 6.07) is 34.4. The van der Waals surface area contributed by atoms with Gasteiger partial charge in [-0.2, -0.15) is 0 Å². The third-order valence-electron chi connectivity index (χ3n) is 15.4. The van der Waals surface area contributed by atoms with E-state index in [-0.39, 0.29) is 42.9 Å². The van der Waals surface area contributed by atoms with Crippen LogP contribution in [-0.2, 0) is 49.2 Å². The Labute approximate surface area is 516 Å². The highest BCUT2D eigenvalue weighted by atomic mass is 35.5. The van der Waals surface area contributed by atoms with Gasteiger partial charge in [0, 0.05) is 115 Å². The van der Waals surface area contributed by atoms with Gasteiger partial charge in [-0.1, -0.05) is 62.1 Å². The van der Waals surface area contributed by atoms with Crippen molar-refractivity contribution in [2.75, 3.05) is 110 Å². The number of alkyl halides is 2. The lowest BCUT2D eigenvalue weighted by molar-refractivity contribution is -0.131. The molecule has 19 nitrogen and oxygen atoms in total. The Morgan fingerprint density at radius 3 is 1.45 bits per heavy atom. The first-order chi connectivity index (χ1) is 42.2. The second-order valence-corrected chi connectivity index (χ2v) is 22.4. The Balaban J connectivity index is 0.000000208.